The second-order valence-electron chi connectivity index (χ2n) is 13.6. The molecule has 0 bridgehead atoms. The molecule has 7 atom stereocenters. The molecule has 0 spiro atoms. The molecular formula is C31H54O. The first-order chi connectivity index (χ1) is 15.1. The molecule has 32 heavy (non-hydrogen) atoms. The summed E-state index contributed by atoms with van der Waals surface area (Å²) in [5.74, 6) is 4.20. The molecule has 0 aromatic heterocycles. The highest BCUT2D eigenvalue weighted by Gasteiger charge is 2.60. The van der Waals surface area contributed by atoms with Crippen LogP contribution in [0.5, 0.6) is 0 Å². The number of aliphatic hydroxyl groups excluding tert-OH is 1. The molecule has 0 amide bonds. The second kappa shape index (κ2) is 9.05. The van der Waals surface area contributed by atoms with Crippen LogP contribution in [0, 0.1) is 45.8 Å². The average Bonchev–Trinajstić information content (AvgIpc) is 3.11. The first-order valence-electron chi connectivity index (χ1n) is 14.5. The van der Waals surface area contributed by atoms with Crippen LogP contribution in [0.25, 0.3) is 0 Å². The third-order valence-electron chi connectivity index (χ3n) is 12.0. The van der Waals surface area contributed by atoms with Crippen LogP contribution in [0.3, 0.4) is 0 Å². The lowest BCUT2D eigenvalue weighted by Gasteiger charge is -2.61. The molecule has 0 aromatic carbocycles. The van der Waals surface area contributed by atoms with Gasteiger partial charge in [-0.25, -0.2) is 0 Å². The molecule has 0 saturated heterocycles. The SMILES string of the molecule is CCC1(CC)C2CCC3=C(CC[C@]4(C)[C@@H]([C@H](C)CCCC(C)C)CC[C@@H]34)[C@@]2(C)CC[C@H]1O. The van der Waals surface area contributed by atoms with Crippen molar-refractivity contribution < 1.29 is 5.11 Å². The lowest BCUT2D eigenvalue weighted by molar-refractivity contribution is -0.118. The lowest BCUT2D eigenvalue weighted by Crippen LogP contribution is -2.55. The molecule has 0 aromatic rings. The van der Waals surface area contributed by atoms with Crippen LogP contribution in [0.1, 0.15) is 132 Å². The topological polar surface area (TPSA) is 20.2 Å². The molecule has 0 radical (unpaired) electrons. The summed E-state index contributed by atoms with van der Waals surface area (Å²) in [6, 6.07) is 0. The Bertz CT molecular complexity index is 699. The largest absolute Gasteiger partial charge is 0.393 e. The molecule has 4 rings (SSSR count). The van der Waals surface area contributed by atoms with E-state index in [0.29, 0.717) is 16.7 Å². The van der Waals surface area contributed by atoms with Crippen molar-refractivity contribution in [2.24, 2.45) is 45.8 Å². The second-order valence-corrected chi connectivity index (χ2v) is 13.6. The van der Waals surface area contributed by atoms with Gasteiger partial charge in [0.25, 0.3) is 0 Å². The maximum absolute atomic E-state index is 11.1. The van der Waals surface area contributed by atoms with Crippen LogP contribution in [0.2, 0.25) is 0 Å². The maximum atomic E-state index is 11.1. The van der Waals surface area contributed by atoms with Crippen molar-refractivity contribution in [3.05, 3.63) is 11.1 Å². The minimum absolute atomic E-state index is 0.0888. The Morgan fingerprint density at radius 2 is 1.62 bits per heavy atom. The Kier molecular flexibility index (Phi) is 7.02. The van der Waals surface area contributed by atoms with Gasteiger partial charge in [0.05, 0.1) is 6.10 Å². The van der Waals surface area contributed by atoms with E-state index in [2.05, 4.69) is 48.5 Å². The van der Waals surface area contributed by atoms with E-state index < -0.39 is 0 Å². The molecule has 4 aliphatic rings. The van der Waals surface area contributed by atoms with Gasteiger partial charge >= 0.3 is 0 Å². The highest BCUT2D eigenvalue weighted by Crippen LogP contribution is 2.69. The normalized spacial score (nSPS) is 41.9. The van der Waals surface area contributed by atoms with E-state index in [-0.39, 0.29) is 11.5 Å². The zero-order valence-corrected chi connectivity index (χ0v) is 22.6. The van der Waals surface area contributed by atoms with Gasteiger partial charge in [-0.1, -0.05) is 78.9 Å². The molecule has 2 fully saturated rings. The summed E-state index contributed by atoms with van der Waals surface area (Å²) in [5, 5.41) is 11.1. The summed E-state index contributed by atoms with van der Waals surface area (Å²) in [7, 11) is 0. The number of hydrogen-bond donors (Lipinski definition) is 1. The Hall–Kier alpha value is -0.300. The standard InChI is InChI=1S/C31H54O/c1-8-31(9-2)27-16-13-23-25-15-14-24(22(5)12-10-11-21(3)4)29(25,6)19-17-26(23)30(27,7)20-18-28(31)32/h21-22,24-25,27-28,32H,8-20H2,1-7H3/t22-,24-,25+,27?,28-,29-,30-/m1/s1. The van der Waals surface area contributed by atoms with Crippen molar-refractivity contribution >= 4 is 0 Å². The van der Waals surface area contributed by atoms with Gasteiger partial charge in [0.2, 0.25) is 0 Å². The van der Waals surface area contributed by atoms with E-state index in [4.69, 9.17) is 0 Å². The fourth-order valence-corrected chi connectivity index (χ4v) is 10.2. The van der Waals surface area contributed by atoms with E-state index in [9.17, 15) is 5.11 Å². The monoisotopic (exact) mass is 442 g/mol. The summed E-state index contributed by atoms with van der Waals surface area (Å²) >= 11 is 0. The van der Waals surface area contributed by atoms with E-state index in [1.807, 2.05) is 11.1 Å². The smallest absolute Gasteiger partial charge is 0.0599 e. The lowest BCUT2D eigenvalue weighted by atomic mass is 9.44. The highest BCUT2D eigenvalue weighted by atomic mass is 16.3. The molecule has 1 N–H and O–H groups in total. The van der Waals surface area contributed by atoms with E-state index >= 15 is 0 Å². The Labute approximate surface area is 200 Å². The zero-order valence-electron chi connectivity index (χ0n) is 22.6. The fraction of sp³-hybridized carbons (Fsp3) is 0.935. The van der Waals surface area contributed by atoms with Gasteiger partial charge in [-0.3, -0.25) is 0 Å². The van der Waals surface area contributed by atoms with Crippen molar-refractivity contribution in [3.8, 4) is 0 Å². The van der Waals surface area contributed by atoms with Crippen molar-refractivity contribution in [1.82, 2.24) is 0 Å². The molecule has 1 nitrogen and oxygen atoms in total. The van der Waals surface area contributed by atoms with Crippen LogP contribution in [-0.4, -0.2) is 11.2 Å². The molecule has 184 valence electrons. The molecule has 2 saturated carbocycles. The van der Waals surface area contributed by atoms with E-state index in [1.54, 1.807) is 0 Å². The predicted octanol–water partition coefficient (Wildman–Crippen LogP) is 8.95. The molecule has 0 heterocycles. The van der Waals surface area contributed by atoms with Crippen LogP contribution in [0.4, 0.5) is 0 Å². The number of aliphatic hydroxyl groups is 1. The number of fused-ring (bicyclic) bond motifs is 4. The van der Waals surface area contributed by atoms with Gasteiger partial charge in [0.1, 0.15) is 0 Å². The van der Waals surface area contributed by atoms with Crippen molar-refractivity contribution in [2.45, 2.75) is 138 Å². The highest BCUT2D eigenvalue weighted by molar-refractivity contribution is 5.35. The van der Waals surface area contributed by atoms with Crippen LogP contribution >= 0.6 is 0 Å². The van der Waals surface area contributed by atoms with Gasteiger partial charge in [0, 0.05) is 0 Å². The Morgan fingerprint density at radius 3 is 2.28 bits per heavy atom. The van der Waals surface area contributed by atoms with Crippen LogP contribution in [-0.2, 0) is 0 Å². The third kappa shape index (κ3) is 3.67. The molecular weight excluding hydrogens is 388 g/mol. The van der Waals surface area contributed by atoms with Gasteiger partial charge in [-0.2, -0.15) is 0 Å². The van der Waals surface area contributed by atoms with Gasteiger partial charge in [0.15, 0.2) is 0 Å². The Morgan fingerprint density at radius 1 is 0.906 bits per heavy atom. The number of allylic oxidation sites excluding steroid dienone is 2. The zero-order chi connectivity index (χ0) is 23.3. The average molecular weight is 443 g/mol. The molecule has 4 aliphatic carbocycles. The summed E-state index contributed by atoms with van der Waals surface area (Å²) in [6.45, 7) is 17.4. The van der Waals surface area contributed by atoms with Crippen molar-refractivity contribution in [1.29, 1.82) is 0 Å². The number of rotatable bonds is 7. The van der Waals surface area contributed by atoms with Crippen molar-refractivity contribution in [3.63, 3.8) is 0 Å². The summed E-state index contributed by atoms with van der Waals surface area (Å²) in [6.07, 6.45) is 17.0. The minimum Gasteiger partial charge on any atom is -0.393 e. The maximum Gasteiger partial charge on any atom is 0.0599 e. The first kappa shape index (κ1) is 24.8. The Balaban J connectivity index is 1.59. The van der Waals surface area contributed by atoms with Crippen LogP contribution < -0.4 is 0 Å². The summed E-state index contributed by atoms with van der Waals surface area (Å²) in [5.41, 5.74) is 4.85. The summed E-state index contributed by atoms with van der Waals surface area (Å²) in [4.78, 5) is 0. The number of hydrogen-bond acceptors (Lipinski definition) is 1. The fourth-order valence-electron chi connectivity index (χ4n) is 10.2. The van der Waals surface area contributed by atoms with Gasteiger partial charge in [-0.15, -0.1) is 0 Å². The summed E-state index contributed by atoms with van der Waals surface area (Å²) < 4.78 is 0. The third-order valence-corrected chi connectivity index (χ3v) is 12.0. The first-order valence-corrected chi connectivity index (χ1v) is 14.5. The predicted molar refractivity (Wildman–Crippen MR) is 138 cm³/mol. The van der Waals surface area contributed by atoms with Gasteiger partial charge < -0.3 is 5.11 Å². The van der Waals surface area contributed by atoms with E-state index in [1.165, 1.54) is 64.2 Å². The van der Waals surface area contributed by atoms with Gasteiger partial charge in [-0.05, 0) is 110 Å². The minimum atomic E-state index is -0.0888. The van der Waals surface area contributed by atoms with Crippen LogP contribution in [0.15, 0.2) is 11.1 Å². The molecule has 1 heteroatoms. The molecule has 1 unspecified atom stereocenters. The molecule has 0 aliphatic heterocycles. The quantitative estimate of drug-likeness (QED) is 0.390. The van der Waals surface area contributed by atoms with E-state index in [0.717, 1.165) is 42.9 Å². The van der Waals surface area contributed by atoms with Crippen molar-refractivity contribution in [2.75, 3.05) is 0 Å².